The minimum atomic E-state index is 0. The molecule has 0 atom stereocenters. The van der Waals surface area contributed by atoms with E-state index in [9.17, 15) is 4.79 Å². The number of benzene rings is 2. The Balaban J connectivity index is 0.00000306. The Morgan fingerprint density at radius 1 is 1.03 bits per heavy atom. The Bertz CT molecular complexity index is 1010. The summed E-state index contributed by atoms with van der Waals surface area (Å²) >= 11 is 0. The van der Waals surface area contributed by atoms with E-state index in [0.717, 1.165) is 49.6 Å². The zero-order valence-electron chi connectivity index (χ0n) is 19.6. The lowest BCUT2D eigenvalue weighted by Crippen LogP contribution is -2.41. The second kappa shape index (κ2) is 11.6. The summed E-state index contributed by atoms with van der Waals surface area (Å²) in [6.07, 6.45) is 3.15. The number of methoxy groups -OCH3 is 2. The van der Waals surface area contributed by atoms with Gasteiger partial charge in [-0.25, -0.2) is 0 Å². The first-order valence-electron chi connectivity index (χ1n) is 11.2. The van der Waals surface area contributed by atoms with Crippen molar-refractivity contribution >= 4 is 41.5 Å². The number of anilines is 1. The highest BCUT2D eigenvalue weighted by Gasteiger charge is 2.24. The highest BCUT2D eigenvalue weighted by molar-refractivity contribution is 14.0. The van der Waals surface area contributed by atoms with Gasteiger partial charge < -0.3 is 24.6 Å². The summed E-state index contributed by atoms with van der Waals surface area (Å²) in [4.78, 5) is 21.4. The van der Waals surface area contributed by atoms with E-state index in [4.69, 9.17) is 9.47 Å². The maximum atomic E-state index is 12.8. The van der Waals surface area contributed by atoms with Gasteiger partial charge in [0.25, 0.3) is 0 Å². The molecule has 0 saturated heterocycles. The van der Waals surface area contributed by atoms with Gasteiger partial charge in [0.05, 0.1) is 14.2 Å². The molecular formula is C25H33IN4O3. The number of nitrogens with one attached hydrogen (secondary N) is 1. The average Bonchev–Trinajstić information content (AvgIpc) is 3.26. The highest BCUT2D eigenvalue weighted by Crippen LogP contribution is 2.33. The van der Waals surface area contributed by atoms with E-state index in [1.807, 2.05) is 24.1 Å². The fraction of sp³-hybridized carbons (Fsp3) is 0.440. The number of carbonyl (C=O) groups excluding carboxylic acids is 1. The number of halogens is 1. The van der Waals surface area contributed by atoms with Gasteiger partial charge in [0, 0.05) is 45.3 Å². The predicted molar refractivity (Wildman–Crippen MR) is 142 cm³/mol. The van der Waals surface area contributed by atoms with E-state index in [2.05, 4.69) is 39.5 Å². The number of aliphatic imine (C=N–C) groups is 1. The standard InChI is InChI=1S/C25H32N4O3.HI/c1-26-25(29-14-11-18-7-4-5-8-21(18)29)27-12-6-9-24(30)28-13-10-19-15-22(31-2)23(32-3)16-20(19)17-28;/h4-5,7-8,15-16H,6,9-14,17H2,1-3H3,(H,26,27);1H. The van der Waals surface area contributed by atoms with Gasteiger partial charge in [-0.1, -0.05) is 18.2 Å². The lowest BCUT2D eigenvalue weighted by atomic mass is 9.98. The predicted octanol–water partition coefficient (Wildman–Crippen LogP) is 3.62. The van der Waals surface area contributed by atoms with Gasteiger partial charge in [0.1, 0.15) is 0 Å². The molecule has 2 aliphatic heterocycles. The van der Waals surface area contributed by atoms with Gasteiger partial charge >= 0.3 is 0 Å². The minimum Gasteiger partial charge on any atom is -0.493 e. The smallest absolute Gasteiger partial charge is 0.222 e. The van der Waals surface area contributed by atoms with E-state index in [0.29, 0.717) is 25.3 Å². The first-order valence-corrected chi connectivity index (χ1v) is 11.2. The van der Waals surface area contributed by atoms with Crippen molar-refractivity contribution in [1.82, 2.24) is 10.2 Å². The minimum absolute atomic E-state index is 0. The Hall–Kier alpha value is -2.49. The third kappa shape index (κ3) is 5.54. The number of fused-ring (bicyclic) bond motifs is 2. The molecule has 33 heavy (non-hydrogen) atoms. The van der Waals surface area contributed by atoms with Crippen LogP contribution in [-0.2, 0) is 24.2 Å². The van der Waals surface area contributed by atoms with Crippen LogP contribution in [0.4, 0.5) is 5.69 Å². The van der Waals surface area contributed by atoms with Crippen molar-refractivity contribution in [2.45, 2.75) is 32.2 Å². The van der Waals surface area contributed by atoms with E-state index in [1.54, 1.807) is 14.2 Å². The van der Waals surface area contributed by atoms with E-state index in [1.165, 1.54) is 16.8 Å². The molecule has 8 heteroatoms. The third-order valence-electron chi connectivity index (χ3n) is 6.28. The molecule has 2 aromatic rings. The van der Waals surface area contributed by atoms with Crippen LogP contribution in [0.1, 0.15) is 29.5 Å². The molecule has 2 aliphatic rings. The fourth-order valence-electron chi connectivity index (χ4n) is 4.55. The number of nitrogens with zero attached hydrogens (tertiary/aromatic N) is 3. The first kappa shape index (κ1) is 25.1. The summed E-state index contributed by atoms with van der Waals surface area (Å²) in [7, 11) is 5.09. The molecule has 4 rings (SSSR count). The van der Waals surface area contributed by atoms with Gasteiger partial charge in [-0.3, -0.25) is 9.79 Å². The number of para-hydroxylation sites is 1. The second-order valence-corrected chi connectivity index (χ2v) is 8.15. The Labute approximate surface area is 213 Å². The van der Waals surface area contributed by atoms with Crippen LogP contribution in [0.15, 0.2) is 41.4 Å². The Morgan fingerprint density at radius 2 is 1.73 bits per heavy atom. The summed E-state index contributed by atoms with van der Waals surface area (Å²) in [6, 6.07) is 12.5. The van der Waals surface area contributed by atoms with Crippen molar-refractivity contribution in [2.24, 2.45) is 4.99 Å². The molecule has 7 nitrogen and oxygen atoms in total. The molecule has 0 unspecified atom stereocenters. The Kier molecular flexibility index (Phi) is 8.82. The molecule has 178 valence electrons. The van der Waals surface area contributed by atoms with E-state index >= 15 is 0 Å². The summed E-state index contributed by atoms with van der Waals surface area (Å²) in [5.74, 6) is 2.51. The summed E-state index contributed by atoms with van der Waals surface area (Å²) in [6.45, 7) is 3.00. The van der Waals surface area contributed by atoms with Crippen LogP contribution in [0, 0.1) is 0 Å². The van der Waals surface area contributed by atoms with Crippen molar-refractivity contribution in [3.8, 4) is 11.5 Å². The van der Waals surface area contributed by atoms with Crippen LogP contribution >= 0.6 is 24.0 Å². The molecule has 0 radical (unpaired) electrons. The zero-order valence-corrected chi connectivity index (χ0v) is 21.9. The molecule has 0 bridgehead atoms. The van der Waals surface area contributed by atoms with Crippen molar-refractivity contribution in [1.29, 1.82) is 0 Å². The van der Waals surface area contributed by atoms with Crippen LogP contribution in [0.2, 0.25) is 0 Å². The monoisotopic (exact) mass is 564 g/mol. The molecular weight excluding hydrogens is 531 g/mol. The molecule has 0 spiro atoms. The van der Waals surface area contributed by atoms with Gasteiger partial charge in [0.2, 0.25) is 5.91 Å². The van der Waals surface area contributed by atoms with Crippen LogP contribution in [0.3, 0.4) is 0 Å². The second-order valence-electron chi connectivity index (χ2n) is 8.15. The number of ether oxygens (including phenoxy) is 2. The lowest BCUT2D eigenvalue weighted by Gasteiger charge is -2.30. The maximum Gasteiger partial charge on any atom is 0.222 e. The number of rotatable bonds is 6. The molecule has 1 amide bonds. The molecule has 0 aliphatic carbocycles. The first-order chi connectivity index (χ1) is 15.6. The van der Waals surface area contributed by atoms with Gasteiger partial charge in [-0.15, -0.1) is 24.0 Å². The number of guanidine groups is 1. The van der Waals surface area contributed by atoms with Crippen molar-refractivity contribution in [2.75, 3.05) is 45.8 Å². The number of carbonyl (C=O) groups is 1. The molecule has 0 fully saturated rings. The van der Waals surface area contributed by atoms with E-state index in [-0.39, 0.29) is 29.9 Å². The lowest BCUT2D eigenvalue weighted by molar-refractivity contribution is -0.132. The topological polar surface area (TPSA) is 66.4 Å². The molecule has 2 aromatic carbocycles. The molecule has 0 saturated carbocycles. The van der Waals surface area contributed by atoms with Crippen LogP contribution in [0.25, 0.3) is 0 Å². The summed E-state index contributed by atoms with van der Waals surface area (Å²) in [5, 5.41) is 3.43. The summed E-state index contributed by atoms with van der Waals surface area (Å²) in [5.41, 5.74) is 4.93. The highest BCUT2D eigenvalue weighted by atomic mass is 127. The van der Waals surface area contributed by atoms with Crippen LogP contribution in [0.5, 0.6) is 11.5 Å². The maximum absolute atomic E-state index is 12.8. The SMILES string of the molecule is CN=C(NCCCC(=O)N1CCc2cc(OC)c(OC)cc2C1)N1CCc2ccccc21.I. The molecule has 0 aromatic heterocycles. The normalized spacial score (nSPS) is 14.8. The van der Waals surface area contributed by atoms with Crippen molar-refractivity contribution in [3.63, 3.8) is 0 Å². The zero-order chi connectivity index (χ0) is 22.5. The summed E-state index contributed by atoms with van der Waals surface area (Å²) < 4.78 is 10.8. The van der Waals surface area contributed by atoms with Gasteiger partial charge in [0.15, 0.2) is 17.5 Å². The number of hydrogen-bond acceptors (Lipinski definition) is 4. The largest absolute Gasteiger partial charge is 0.493 e. The number of amides is 1. The molecule has 2 heterocycles. The quantitative estimate of drug-likeness (QED) is 0.252. The molecule has 1 N–H and O–H groups in total. The van der Waals surface area contributed by atoms with Gasteiger partial charge in [-0.05, 0) is 54.2 Å². The van der Waals surface area contributed by atoms with Crippen LogP contribution in [-0.4, -0.2) is 57.7 Å². The number of hydrogen-bond donors (Lipinski definition) is 1. The van der Waals surface area contributed by atoms with Crippen LogP contribution < -0.4 is 19.7 Å². The Morgan fingerprint density at radius 3 is 2.45 bits per heavy atom. The van der Waals surface area contributed by atoms with Crippen molar-refractivity contribution < 1.29 is 14.3 Å². The van der Waals surface area contributed by atoms with Gasteiger partial charge in [-0.2, -0.15) is 0 Å². The fourth-order valence-corrected chi connectivity index (χ4v) is 4.55. The van der Waals surface area contributed by atoms with Crippen molar-refractivity contribution in [3.05, 3.63) is 53.1 Å². The van der Waals surface area contributed by atoms with E-state index < -0.39 is 0 Å². The third-order valence-corrected chi connectivity index (χ3v) is 6.28. The average molecular weight is 564 g/mol.